The van der Waals surface area contributed by atoms with E-state index in [9.17, 15) is 9.59 Å². The Bertz CT molecular complexity index is 405. The van der Waals surface area contributed by atoms with Crippen LogP contribution in [0.15, 0.2) is 24.3 Å². The summed E-state index contributed by atoms with van der Waals surface area (Å²) in [5, 5.41) is 0. The molecule has 0 spiro atoms. The monoisotopic (exact) mass is 204 g/mol. The number of carbonyl (C=O) groups excluding carboxylic acids is 2. The fourth-order valence-corrected chi connectivity index (χ4v) is 1.50. The third kappa shape index (κ3) is 1.97. The summed E-state index contributed by atoms with van der Waals surface area (Å²) in [6.07, 6.45) is -1.07. The molecule has 1 aliphatic heterocycles. The standard InChI is InChI=1S/C12H12O3/c1-7-3-5-9(6-4-7)10(14)12-11(15-12)8(2)13/h3-6,11-12H,1-2H3. The smallest absolute Gasteiger partial charge is 0.194 e. The second-order valence-corrected chi connectivity index (χ2v) is 3.82. The SMILES string of the molecule is CC(=O)C1OC1C(=O)c1ccc(C)cc1. The van der Waals surface area contributed by atoms with E-state index in [0.29, 0.717) is 5.56 Å². The third-order valence-electron chi connectivity index (χ3n) is 2.49. The molecule has 1 aromatic rings. The van der Waals surface area contributed by atoms with E-state index in [1.807, 2.05) is 19.1 Å². The lowest BCUT2D eigenvalue weighted by atomic mass is 10.0. The first-order valence-corrected chi connectivity index (χ1v) is 4.86. The third-order valence-corrected chi connectivity index (χ3v) is 2.49. The zero-order valence-electron chi connectivity index (χ0n) is 8.69. The van der Waals surface area contributed by atoms with Gasteiger partial charge in [0.05, 0.1) is 0 Å². The maximum atomic E-state index is 11.8. The van der Waals surface area contributed by atoms with Crippen molar-refractivity contribution in [2.75, 3.05) is 0 Å². The minimum Gasteiger partial charge on any atom is -0.353 e. The molecule has 3 nitrogen and oxygen atoms in total. The second-order valence-electron chi connectivity index (χ2n) is 3.82. The van der Waals surface area contributed by atoms with E-state index < -0.39 is 12.2 Å². The van der Waals surface area contributed by atoms with Crippen LogP contribution in [0.25, 0.3) is 0 Å². The zero-order valence-corrected chi connectivity index (χ0v) is 8.69. The second kappa shape index (κ2) is 3.59. The summed E-state index contributed by atoms with van der Waals surface area (Å²) >= 11 is 0. The Hall–Kier alpha value is -1.48. The van der Waals surface area contributed by atoms with Crippen LogP contribution < -0.4 is 0 Å². The molecule has 2 rings (SSSR count). The topological polar surface area (TPSA) is 46.7 Å². The summed E-state index contributed by atoms with van der Waals surface area (Å²) in [4.78, 5) is 22.7. The minimum absolute atomic E-state index is 0.0829. The van der Waals surface area contributed by atoms with Gasteiger partial charge in [0.15, 0.2) is 23.8 Å². The van der Waals surface area contributed by atoms with Crippen molar-refractivity contribution in [1.29, 1.82) is 0 Å². The molecule has 0 aliphatic carbocycles. The zero-order chi connectivity index (χ0) is 11.0. The summed E-state index contributed by atoms with van der Waals surface area (Å²) in [6, 6.07) is 7.27. The number of ether oxygens (including phenoxy) is 1. The summed E-state index contributed by atoms with van der Waals surface area (Å²) in [5.41, 5.74) is 1.71. The van der Waals surface area contributed by atoms with Gasteiger partial charge in [-0.15, -0.1) is 0 Å². The Balaban J connectivity index is 2.10. The van der Waals surface area contributed by atoms with E-state index in [1.165, 1.54) is 6.92 Å². The molecule has 1 heterocycles. The van der Waals surface area contributed by atoms with Crippen molar-refractivity contribution in [3.05, 3.63) is 35.4 Å². The molecule has 0 amide bonds. The van der Waals surface area contributed by atoms with Crippen molar-refractivity contribution in [2.45, 2.75) is 26.1 Å². The Morgan fingerprint density at radius 1 is 1.13 bits per heavy atom. The van der Waals surface area contributed by atoms with Crippen LogP contribution in [0.2, 0.25) is 0 Å². The van der Waals surface area contributed by atoms with Crippen LogP contribution >= 0.6 is 0 Å². The molecule has 15 heavy (non-hydrogen) atoms. The maximum absolute atomic E-state index is 11.8. The van der Waals surface area contributed by atoms with Gasteiger partial charge in [0, 0.05) is 5.56 Å². The molecule has 1 fully saturated rings. The number of epoxide rings is 1. The Morgan fingerprint density at radius 3 is 2.20 bits per heavy atom. The van der Waals surface area contributed by atoms with Crippen molar-refractivity contribution >= 4 is 11.6 Å². The molecule has 0 saturated carbocycles. The fraction of sp³-hybridized carbons (Fsp3) is 0.333. The van der Waals surface area contributed by atoms with Gasteiger partial charge in [-0.1, -0.05) is 29.8 Å². The van der Waals surface area contributed by atoms with Crippen molar-refractivity contribution in [1.82, 2.24) is 0 Å². The van der Waals surface area contributed by atoms with E-state index in [4.69, 9.17) is 4.74 Å². The molecule has 0 bridgehead atoms. The maximum Gasteiger partial charge on any atom is 0.194 e. The van der Waals surface area contributed by atoms with Crippen molar-refractivity contribution in [3.63, 3.8) is 0 Å². The van der Waals surface area contributed by atoms with E-state index in [2.05, 4.69) is 0 Å². The molecular formula is C12H12O3. The highest BCUT2D eigenvalue weighted by Crippen LogP contribution is 2.26. The minimum atomic E-state index is -0.551. The molecule has 78 valence electrons. The first kappa shape index (κ1) is 10.1. The first-order chi connectivity index (χ1) is 7.09. The predicted octanol–water partition coefficient (Wildman–Crippen LogP) is 1.53. The quantitative estimate of drug-likeness (QED) is 0.554. The summed E-state index contributed by atoms with van der Waals surface area (Å²) < 4.78 is 5.03. The summed E-state index contributed by atoms with van der Waals surface area (Å²) in [5.74, 6) is -0.185. The average molecular weight is 204 g/mol. The van der Waals surface area contributed by atoms with E-state index in [0.717, 1.165) is 5.56 Å². The summed E-state index contributed by atoms with van der Waals surface area (Å²) in [7, 11) is 0. The van der Waals surface area contributed by atoms with Gasteiger partial charge in [0.25, 0.3) is 0 Å². The first-order valence-electron chi connectivity index (χ1n) is 4.86. The van der Waals surface area contributed by atoms with Gasteiger partial charge in [-0.25, -0.2) is 0 Å². The fourth-order valence-electron chi connectivity index (χ4n) is 1.50. The number of hydrogen-bond acceptors (Lipinski definition) is 3. The highest BCUT2D eigenvalue weighted by Gasteiger charge is 2.48. The van der Waals surface area contributed by atoms with Crippen LogP contribution in [-0.2, 0) is 9.53 Å². The van der Waals surface area contributed by atoms with Gasteiger partial charge >= 0.3 is 0 Å². The Labute approximate surface area is 88.1 Å². The lowest BCUT2D eigenvalue weighted by Gasteiger charge is -1.97. The van der Waals surface area contributed by atoms with Crippen LogP contribution in [0.4, 0.5) is 0 Å². The molecule has 1 saturated heterocycles. The van der Waals surface area contributed by atoms with Gasteiger partial charge in [-0.2, -0.15) is 0 Å². The van der Waals surface area contributed by atoms with Gasteiger partial charge < -0.3 is 4.74 Å². The highest BCUT2D eigenvalue weighted by molar-refractivity contribution is 6.05. The van der Waals surface area contributed by atoms with Crippen LogP contribution in [-0.4, -0.2) is 23.8 Å². The lowest BCUT2D eigenvalue weighted by Crippen LogP contribution is -2.14. The number of Topliss-reactive ketones (excluding diaryl/α,β-unsaturated/α-hetero) is 2. The van der Waals surface area contributed by atoms with Crippen molar-refractivity contribution in [3.8, 4) is 0 Å². The molecule has 0 radical (unpaired) electrons. The van der Waals surface area contributed by atoms with Crippen LogP contribution in [0, 0.1) is 6.92 Å². The van der Waals surface area contributed by atoms with E-state index in [-0.39, 0.29) is 11.6 Å². The number of ketones is 2. The number of rotatable bonds is 3. The van der Waals surface area contributed by atoms with Crippen LogP contribution in [0.5, 0.6) is 0 Å². The molecule has 1 aliphatic rings. The molecule has 0 N–H and O–H groups in total. The van der Waals surface area contributed by atoms with Gasteiger partial charge in [-0.3, -0.25) is 9.59 Å². The Kier molecular flexibility index (Phi) is 2.40. The average Bonchev–Trinajstić information content (AvgIpc) is 2.97. The number of carbonyl (C=O) groups is 2. The number of hydrogen-bond donors (Lipinski definition) is 0. The molecule has 1 aromatic carbocycles. The normalized spacial score (nSPS) is 23.6. The van der Waals surface area contributed by atoms with E-state index in [1.54, 1.807) is 12.1 Å². The lowest BCUT2D eigenvalue weighted by molar-refractivity contribution is -0.118. The highest BCUT2D eigenvalue weighted by atomic mass is 16.6. The predicted molar refractivity (Wildman–Crippen MR) is 54.9 cm³/mol. The molecule has 2 atom stereocenters. The molecule has 2 unspecified atom stereocenters. The van der Waals surface area contributed by atoms with Gasteiger partial charge in [0.1, 0.15) is 0 Å². The van der Waals surface area contributed by atoms with Crippen molar-refractivity contribution in [2.24, 2.45) is 0 Å². The van der Waals surface area contributed by atoms with Gasteiger partial charge in [-0.05, 0) is 13.8 Å². The molecular weight excluding hydrogens is 192 g/mol. The van der Waals surface area contributed by atoms with Crippen LogP contribution in [0.1, 0.15) is 22.8 Å². The van der Waals surface area contributed by atoms with E-state index >= 15 is 0 Å². The molecule has 3 heteroatoms. The Morgan fingerprint density at radius 2 is 1.73 bits per heavy atom. The largest absolute Gasteiger partial charge is 0.353 e. The molecule has 0 aromatic heterocycles. The van der Waals surface area contributed by atoms with Crippen molar-refractivity contribution < 1.29 is 14.3 Å². The van der Waals surface area contributed by atoms with Gasteiger partial charge in [0.2, 0.25) is 0 Å². The summed E-state index contributed by atoms with van der Waals surface area (Å²) in [6.45, 7) is 3.40. The van der Waals surface area contributed by atoms with Crippen LogP contribution in [0.3, 0.4) is 0 Å². The number of aryl methyl sites for hydroxylation is 1. The number of benzene rings is 1.